The van der Waals surface area contributed by atoms with Crippen LogP contribution in [-0.2, 0) is 9.59 Å². The second-order valence-electron chi connectivity index (χ2n) is 12.2. The van der Waals surface area contributed by atoms with Crippen LogP contribution in [0, 0.1) is 40.4 Å². The molecule has 0 bridgehead atoms. The standard InChI is InChI=1S/C27H42O6/c1-16(5-4-12-27(33,23(29)30)24(31)32)20-8-9-21-19-7-6-17-15-18(28)10-13-25(17,2)22(19)11-14-26(20,21)3/h15-16,19-23,29-30,33H,4-14H2,1-3H3,(H,31,32)/t16-,19+,20-,21+,22+,25+,26-,27?/m1/s1. The van der Waals surface area contributed by atoms with Crippen LogP contribution < -0.4 is 0 Å². The SMILES string of the molecule is C[C@H](CCCC(O)(C(=O)O)C(O)O)[C@H]1CC[C@H]2[C@@H]3CCC4=CC(=O)CC[C@]4(C)[C@H]3CC[C@]12C. The number of hydrogen-bond acceptors (Lipinski definition) is 5. The third kappa shape index (κ3) is 4.00. The van der Waals surface area contributed by atoms with Crippen LogP contribution in [0.25, 0.3) is 0 Å². The van der Waals surface area contributed by atoms with Gasteiger partial charge in [0.05, 0.1) is 0 Å². The second-order valence-corrected chi connectivity index (χ2v) is 12.2. The van der Waals surface area contributed by atoms with E-state index in [2.05, 4.69) is 20.8 Å². The summed E-state index contributed by atoms with van der Waals surface area (Å²) in [6.07, 6.45) is 9.57. The third-order valence-corrected chi connectivity index (χ3v) is 10.7. The van der Waals surface area contributed by atoms with Crippen molar-refractivity contribution in [2.45, 2.75) is 103 Å². The number of ketones is 1. The lowest BCUT2D eigenvalue weighted by molar-refractivity contribution is -0.209. The number of aliphatic hydroxyl groups is 3. The molecule has 0 heterocycles. The summed E-state index contributed by atoms with van der Waals surface area (Å²) in [5.74, 6) is 1.78. The van der Waals surface area contributed by atoms with Gasteiger partial charge in [-0.3, -0.25) is 4.79 Å². The van der Waals surface area contributed by atoms with Gasteiger partial charge >= 0.3 is 5.97 Å². The second kappa shape index (κ2) is 8.76. The number of carbonyl (C=O) groups excluding carboxylic acids is 1. The highest BCUT2D eigenvalue weighted by Crippen LogP contribution is 2.67. The maximum atomic E-state index is 12.0. The first-order valence-corrected chi connectivity index (χ1v) is 13.0. The maximum absolute atomic E-state index is 12.0. The zero-order valence-electron chi connectivity index (χ0n) is 20.4. The van der Waals surface area contributed by atoms with Crippen molar-refractivity contribution in [3.8, 4) is 0 Å². The van der Waals surface area contributed by atoms with E-state index in [9.17, 15) is 30.0 Å². The molecule has 4 aliphatic rings. The van der Waals surface area contributed by atoms with Gasteiger partial charge in [0.25, 0.3) is 0 Å². The number of carboxylic acids is 1. The summed E-state index contributed by atoms with van der Waals surface area (Å²) < 4.78 is 0. The van der Waals surface area contributed by atoms with E-state index in [1.807, 2.05) is 6.08 Å². The normalized spacial score (nSPS) is 40.9. The fourth-order valence-corrected chi connectivity index (χ4v) is 8.78. The zero-order chi connectivity index (χ0) is 24.2. The van der Waals surface area contributed by atoms with Crippen LogP contribution in [-0.4, -0.2) is 44.1 Å². The quantitative estimate of drug-likeness (QED) is 0.424. The summed E-state index contributed by atoms with van der Waals surface area (Å²) >= 11 is 0. The molecule has 3 saturated carbocycles. The molecular weight excluding hydrogens is 420 g/mol. The van der Waals surface area contributed by atoms with E-state index in [0.717, 1.165) is 25.2 Å². The molecule has 8 atom stereocenters. The monoisotopic (exact) mass is 462 g/mol. The fraction of sp³-hybridized carbons (Fsp3) is 0.852. The van der Waals surface area contributed by atoms with Crippen molar-refractivity contribution < 1.29 is 30.0 Å². The number of carboxylic acid groups (broad SMARTS) is 1. The van der Waals surface area contributed by atoms with Crippen molar-refractivity contribution in [3.05, 3.63) is 11.6 Å². The number of rotatable bonds is 7. The van der Waals surface area contributed by atoms with Crippen LogP contribution in [0.2, 0.25) is 0 Å². The van der Waals surface area contributed by atoms with Gasteiger partial charge in [-0.2, -0.15) is 0 Å². The van der Waals surface area contributed by atoms with Gasteiger partial charge in [0.1, 0.15) is 0 Å². The molecule has 3 fully saturated rings. The molecule has 6 heteroatoms. The minimum Gasteiger partial charge on any atom is -0.479 e. The fourth-order valence-electron chi connectivity index (χ4n) is 8.78. The molecule has 0 spiro atoms. The zero-order valence-corrected chi connectivity index (χ0v) is 20.4. The van der Waals surface area contributed by atoms with E-state index in [4.69, 9.17) is 0 Å². The Hall–Kier alpha value is -1.24. The predicted molar refractivity (Wildman–Crippen MR) is 124 cm³/mol. The molecule has 4 N–H and O–H groups in total. The van der Waals surface area contributed by atoms with Gasteiger partial charge in [-0.15, -0.1) is 0 Å². The average Bonchev–Trinajstić information content (AvgIpc) is 3.11. The topological polar surface area (TPSA) is 115 Å². The summed E-state index contributed by atoms with van der Waals surface area (Å²) in [4.78, 5) is 23.4. The molecule has 0 radical (unpaired) electrons. The number of carbonyl (C=O) groups is 2. The Bertz CT molecular complexity index is 819. The highest BCUT2D eigenvalue weighted by atomic mass is 16.5. The van der Waals surface area contributed by atoms with E-state index < -0.39 is 17.9 Å². The summed E-state index contributed by atoms with van der Waals surface area (Å²) in [5.41, 5.74) is -0.621. The summed E-state index contributed by atoms with van der Waals surface area (Å²) in [5, 5.41) is 38.0. The van der Waals surface area contributed by atoms with Crippen LogP contribution in [0.1, 0.15) is 91.4 Å². The first-order valence-electron chi connectivity index (χ1n) is 13.0. The van der Waals surface area contributed by atoms with Crippen LogP contribution >= 0.6 is 0 Å². The van der Waals surface area contributed by atoms with Crippen molar-refractivity contribution in [1.82, 2.24) is 0 Å². The minimum absolute atomic E-state index is 0.159. The molecule has 0 saturated heterocycles. The number of aliphatic hydroxyl groups excluding tert-OH is 1. The van der Waals surface area contributed by atoms with Gasteiger partial charge in [-0.1, -0.05) is 32.8 Å². The third-order valence-electron chi connectivity index (χ3n) is 10.7. The Morgan fingerprint density at radius 3 is 2.52 bits per heavy atom. The Morgan fingerprint density at radius 1 is 1.12 bits per heavy atom. The van der Waals surface area contributed by atoms with E-state index in [-0.39, 0.29) is 17.3 Å². The molecule has 0 aliphatic heterocycles. The van der Waals surface area contributed by atoms with Crippen LogP contribution in [0.5, 0.6) is 0 Å². The Kier molecular flexibility index (Phi) is 6.60. The summed E-state index contributed by atoms with van der Waals surface area (Å²) in [7, 11) is 0. The Morgan fingerprint density at radius 2 is 1.85 bits per heavy atom. The van der Waals surface area contributed by atoms with E-state index in [0.29, 0.717) is 42.3 Å². The van der Waals surface area contributed by atoms with E-state index in [1.165, 1.54) is 37.7 Å². The van der Waals surface area contributed by atoms with Gasteiger partial charge in [0.2, 0.25) is 5.60 Å². The van der Waals surface area contributed by atoms with Crippen molar-refractivity contribution in [1.29, 1.82) is 0 Å². The minimum atomic E-state index is -2.50. The van der Waals surface area contributed by atoms with Crippen LogP contribution in [0.4, 0.5) is 0 Å². The van der Waals surface area contributed by atoms with Gasteiger partial charge in [-0.25, -0.2) is 4.79 Å². The number of aliphatic carboxylic acids is 1. The molecule has 0 aromatic rings. The molecule has 0 amide bonds. The van der Waals surface area contributed by atoms with Crippen LogP contribution in [0.3, 0.4) is 0 Å². The molecule has 0 aromatic carbocycles. The maximum Gasteiger partial charge on any atom is 0.341 e. The first-order chi connectivity index (χ1) is 15.4. The largest absolute Gasteiger partial charge is 0.479 e. The molecule has 4 aliphatic carbocycles. The van der Waals surface area contributed by atoms with Gasteiger partial charge < -0.3 is 20.4 Å². The smallest absolute Gasteiger partial charge is 0.341 e. The number of allylic oxidation sites excluding steroid dienone is 1. The molecule has 0 aromatic heterocycles. The highest BCUT2D eigenvalue weighted by Gasteiger charge is 2.59. The van der Waals surface area contributed by atoms with E-state index >= 15 is 0 Å². The Labute approximate surface area is 197 Å². The number of hydrogen-bond donors (Lipinski definition) is 4. The summed E-state index contributed by atoms with van der Waals surface area (Å²) in [6, 6.07) is 0. The molecule has 186 valence electrons. The van der Waals surface area contributed by atoms with E-state index in [1.54, 1.807) is 0 Å². The van der Waals surface area contributed by atoms with Crippen LogP contribution in [0.15, 0.2) is 11.6 Å². The first kappa shape index (κ1) is 24.9. The lowest BCUT2D eigenvalue weighted by atomic mass is 9.46. The molecule has 6 nitrogen and oxygen atoms in total. The molecule has 33 heavy (non-hydrogen) atoms. The van der Waals surface area contributed by atoms with Crippen molar-refractivity contribution >= 4 is 11.8 Å². The van der Waals surface area contributed by atoms with Gasteiger partial charge in [0, 0.05) is 6.42 Å². The lowest BCUT2D eigenvalue weighted by Crippen LogP contribution is -2.51. The molecule has 1 unspecified atom stereocenters. The average molecular weight is 463 g/mol. The molecular formula is C27H42O6. The Balaban J connectivity index is 1.43. The van der Waals surface area contributed by atoms with Gasteiger partial charge in [0.15, 0.2) is 12.1 Å². The van der Waals surface area contributed by atoms with Gasteiger partial charge in [-0.05, 0) is 104 Å². The lowest BCUT2D eigenvalue weighted by Gasteiger charge is -2.58. The number of fused-ring (bicyclic) bond motifs is 5. The van der Waals surface area contributed by atoms with Crippen molar-refractivity contribution in [3.63, 3.8) is 0 Å². The highest BCUT2D eigenvalue weighted by molar-refractivity contribution is 5.91. The van der Waals surface area contributed by atoms with Crippen molar-refractivity contribution in [2.75, 3.05) is 0 Å². The summed E-state index contributed by atoms with van der Waals surface area (Å²) in [6.45, 7) is 7.14. The predicted octanol–water partition coefficient (Wildman–Crippen LogP) is 4.07. The molecule has 4 rings (SSSR count). The van der Waals surface area contributed by atoms with Crippen molar-refractivity contribution in [2.24, 2.45) is 40.4 Å².